The number of sulfonamides is 1. The molecule has 9 heteroatoms. The van der Waals surface area contributed by atoms with E-state index in [4.69, 9.17) is 11.6 Å². The summed E-state index contributed by atoms with van der Waals surface area (Å²) < 4.78 is 29.4. The predicted molar refractivity (Wildman–Crippen MR) is 107 cm³/mol. The Hall–Kier alpha value is -1.90. The van der Waals surface area contributed by atoms with Gasteiger partial charge in [0.1, 0.15) is 10.7 Å². The van der Waals surface area contributed by atoms with Crippen LogP contribution in [-0.4, -0.2) is 26.7 Å². The Labute approximate surface area is 166 Å². The lowest BCUT2D eigenvalue weighted by Gasteiger charge is -2.30. The van der Waals surface area contributed by atoms with Crippen molar-refractivity contribution >= 4 is 50.4 Å². The summed E-state index contributed by atoms with van der Waals surface area (Å²) in [4.78, 5) is 15.5. The average molecular weight is 424 g/mol. The highest BCUT2D eigenvalue weighted by molar-refractivity contribution is 7.90. The highest BCUT2D eigenvalue weighted by Crippen LogP contribution is 2.37. The van der Waals surface area contributed by atoms with Crippen LogP contribution in [0.3, 0.4) is 0 Å². The second-order valence-electron chi connectivity index (χ2n) is 6.51. The van der Waals surface area contributed by atoms with Gasteiger partial charge in [-0.25, -0.2) is 0 Å². The molecule has 0 spiro atoms. The quantitative estimate of drug-likeness (QED) is 0.814. The fourth-order valence-electron chi connectivity index (χ4n) is 3.35. The van der Waals surface area contributed by atoms with Crippen molar-refractivity contribution in [3.05, 3.63) is 45.1 Å². The number of nitrogens with one attached hydrogen (secondary N) is 1. The van der Waals surface area contributed by atoms with E-state index in [1.54, 1.807) is 6.07 Å². The van der Waals surface area contributed by atoms with Gasteiger partial charge in [0.2, 0.25) is 0 Å². The fourth-order valence-corrected chi connectivity index (χ4v) is 5.50. The molecule has 3 heterocycles. The number of halogens is 1. The summed E-state index contributed by atoms with van der Waals surface area (Å²) in [6.45, 7) is 1.06. The molecule has 0 unspecified atom stereocenters. The molecule has 1 saturated heterocycles. The molecule has 142 valence electrons. The Kier molecular flexibility index (Phi) is 4.96. The molecule has 1 fully saturated rings. The number of fused-ring (bicyclic) bond motifs is 3. The Morgan fingerprint density at radius 1 is 1.30 bits per heavy atom. The summed E-state index contributed by atoms with van der Waals surface area (Å²) in [5, 5.41) is 4.95. The maximum absolute atomic E-state index is 12.7. The zero-order valence-electron chi connectivity index (χ0n) is 14.4. The Bertz CT molecular complexity index is 1020. The number of carbonyl (C=O) groups excluding carboxylic acids is 1. The van der Waals surface area contributed by atoms with Gasteiger partial charge in [-0.05, 0) is 36.4 Å². The van der Waals surface area contributed by atoms with E-state index in [1.165, 1.54) is 17.4 Å². The van der Waals surface area contributed by atoms with Crippen LogP contribution in [0.25, 0.3) is 0 Å². The molecule has 0 radical (unpaired) electrons. The van der Waals surface area contributed by atoms with Gasteiger partial charge in [-0.2, -0.15) is 8.42 Å². The highest BCUT2D eigenvalue weighted by atomic mass is 35.5. The molecule has 0 bridgehead atoms. The second-order valence-corrected chi connectivity index (χ2v) is 9.52. The fraction of sp³-hybridized carbons (Fsp3) is 0.333. The monoisotopic (exact) mass is 423 g/mol. The maximum Gasteiger partial charge on any atom is 0.286 e. The molecule has 1 aromatic carbocycles. The van der Waals surface area contributed by atoms with Crippen LogP contribution < -0.4 is 10.2 Å². The van der Waals surface area contributed by atoms with Gasteiger partial charge < -0.3 is 10.2 Å². The Morgan fingerprint density at radius 2 is 2.15 bits per heavy atom. The van der Waals surface area contributed by atoms with Crippen molar-refractivity contribution < 1.29 is 13.2 Å². The zero-order valence-corrected chi connectivity index (χ0v) is 16.8. The minimum absolute atomic E-state index is 0.0406. The summed E-state index contributed by atoms with van der Waals surface area (Å²) in [5.41, 5.74) is 0.658. The molecule has 0 aliphatic carbocycles. The number of rotatable bonds is 3. The number of hydrogen-bond donors (Lipinski definition) is 1. The van der Waals surface area contributed by atoms with E-state index in [9.17, 15) is 13.2 Å². The number of amides is 1. The summed E-state index contributed by atoms with van der Waals surface area (Å²) in [6.07, 6.45) is 3.53. The van der Waals surface area contributed by atoms with Crippen LogP contribution in [0.2, 0.25) is 5.02 Å². The lowest BCUT2D eigenvalue weighted by atomic mass is 10.1. The molecule has 0 atom stereocenters. The molecule has 27 heavy (non-hydrogen) atoms. The molecule has 1 N–H and O–H groups in total. The molecule has 1 amide bonds. The summed E-state index contributed by atoms with van der Waals surface area (Å²) >= 11 is 7.90. The Balaban J connectivity index is 1.69. The maximum atomic E-state index is 12.7. The number of benzene rings is 1. The number of amidine groups is 1. The van der Waals surface area contributed by atoms with Crippen LogP contribution in [0, 0.1) is 0 Å². The smallest absolute Gasteiger partial charge is 0.286 e. The lowest BCUT2D eigenvalue weighted by Crippen LogP contribution is -2.35. The van der Waals surface area contributed by atoms with E-state index in [1.807, 2.05) is 22.4 Å². The summed E-state index contributed by atoms with van der Waals surface area (Å²) in [7, 11) is -3.85. The van der Waals surface area contributed by atoms with Crippen molar-refractivity contribution in [1.82, 2.24) is 5.32 Å². The van der Waals surface area contributed by atoms with Gasteiger partial charge in [0.25, 0.3) is 15.9 Å². The SMILES string of the molecule is O=C(NCc1cccs1)c1cc2c(cc1Cl)N1CCCCCC1=NS2(=O)=O. The summed E-state index contributed by atoms with van der Waals surface area (Å²) in [5.74, 6) is 0.156. The minimum Gasteiger partial charge on any atom is -0.347 e. The van der Waals surface area contributed by atoms with Crippen LogP contribution in [0.4, 0.5) is 5.69 Å². The largest absolute Gasteiger partial charge is 0.347 e. The van der Waals surface area contributed by atoms with E-state index in [0.29, 0.717) is 31.0 Å². The summed E-state index contributed by atoms with van der Waals surface area (Å²) in [6, 6.07) is 6.75. The normalized spacial score (nSPS) is 18.1. The van der Waals surface area contributed by atoms with Crippen LogP contribution in [-0.2, 0) is 16.6 Å². The highest BCUT2D eigenvalue weighted by Gasteiger charge is 2.33. The molecule has 0 saturated carbocycles. The first-order valence-corrected chi connectivity index (χ1v) is 11.4. The van der Waals surface area contributed by atoms with Gasteiger partial charge in [-0.3, -0.25) is 4.79 Å². The zero-order chi connectivity index (χ0) is 19.0. The van der Waals surface area contributed by atoms with Crippen molar-refractivity contribution in [2.24, 2.45) is 4.40 Å². The standard InChI is InChI=1S/C18H18ClN3O3S2/c19-14-10-15-16(9-13(14)18(23)20-11-12-5-4-8-26-12)27(24,25)21-17-6-2-1-3-7-22(15)17/h4-5,8-10H,1-3,6-7,11H2,(H,20,23). The van der Waals surface area contributed by atoms with E-state index in [2.05, 4.69) is 9.71 Å². The number of thiophene rings is 1. The van der Waals surface area contributed by atoms with Gasteiger partial charge in [-0.15, -0.1) is 15.7 Å². The van der Waals surface area contributed by atoms with Crippen LogP contribution in [0.15, 0.2) is 38.9 Å². The molecular weight excluding hydrogens is 406 g/mol. The molecule has 2 aromatic rings. The van der Waals surface area contributed by atoms with E-state index in [-0.39, 0.29) is 15.5 Å². The number of hydrogen-bond acceptors (Lipinski definition) is 5. The predicted octanol–water partition coefficient (Wildman–Crippen LogP) is 3.81. The minimum atomic E-state index is -3.85. The first-order valence-electron chi connectivity index (χ1n) is 8.71. The molecule has 2 aliphatic rings. The molecule has 1 aromatic heterocycles. The van der Waals surface area contributed by atoms with Crippen LogP contribution in [0.5, 0.6) is 0 Å². The van der Waals surface area contributed by atoms with Gasteiger partial charge in [0.05, 0.1) is 22.8 Å². The third-order valence-corrected chi connectivity index (χ3v) is 7.21. The van der Waals surface area contributed by atoms with Gasteiger partial charge in [-0.1, -0.05) is 24.1 Å². The number of carbonyl (C=O) groups is 1. The molecular formula is C18H18ClN3O3S2. The van der Waals surface area contributed by atoms with Crippen molar-refractivity contribution in [2.45, 2.75) is 37.1 Å². The average Bonchev–Trinajstić information content (AvgIpc) is 3.04. The van der Waals surface area contributed by atoms with Gasteiger partial charge in [0.15, 0.2) is 0 Å². The molecule has 6 nitrogen and oxygen atoms in total. The topological polar surface area (TPSA) is 78.8 Å². The Morgan fingerprint density at radius 3 is 2.93 bits per heavy atom. The number of nitrogens with zero attached hydrogens (tertiary/aromatic N) is 2. The van der Waals surface area contributed by atoms with Crippen LogP contribution in [0.1, 0.15) is 40.9 Å². The van der Waals surface area contributed by atoms with Gasteiger partial charge >= 0.3 is 0 Å². The number of anilines is 1. The molecule has 4 rings (SSSR count). The van der Waals surface area contributed by atoms with Gasteiger partial charge in [0, 0.05) is 17.8 Å². The van der Waals surface area contributed by atoms with Crippen molar-refractivity contribution in [1.29, 1.82) is 0 Å². The molecule has 2 aliphatic heterocycles. The second kappa shape index (κ2) is 7.26. The lowest BCUT2D eigenvalue weighted by molar-refractivity contribution is 0.0951. The van der Waals surface area contributed by atoms with E-state index >= 15 is 0 Å². The van der Waals surface area contributed by atoms with Crippen molar-refractivity contribution in [2.75, 3.05) is 11.4 Å². The van der Waals surface area contributed by atoms with Crippen LogP contribution >= 0.6 is 22.9 Å². The van der Waals surface area contributed by atoms with Crippen molar-refractivity contribution in [3.63, 3.8) is 0 Å². The first-order chi connectivity index (χ1) is 13.0. The first kappa shape index (κ1) is 18.5. The van der Waals surface area contributed by atoms with E-state index in [0.717, 1.165) is 24.1 Å². The van der Waals surface area contributed by atoms with E-state index < -0.39 is 15.9 Å². The third kappa shape index (κ3) is 3.61. The van der Waals surface area contributed by atoms with Crippen molar-refractivity contribution in [3.8, 4) is 0 Å². The third-order valence-electron chi connectivity index (χ3n) is 4.68.